The number of aromatic nitrogens is 1. The van der Waals surface area contributed by atoms with Gasteiger partial charge in [-0.15, -0.1) is 11.3 Å². The van der Waals surface area contributed by atoms with Crippen molar-refractivity contribution in [1.82, 2.24) is 14.8 Å². The number of halogens is 3. The number of carbonyl (C=O) groups is 2. The molecule has 1 aliphatic heterocycles. The first-order valence-electron chi connectivity index (χ1n) is 9.60. The van der Waals surface area contributed by atoms with E-state index in [9.17, 15) is 18.4 Å². The van der Waals surface area contributed by atoms with Crippen molar-refractivity contribution < 1.29 is 18.4 Å². The van der Waals surface area contributed by atoms with Gasteiger partial charge in [0.15, 0.2) is 0 Å². The fraction of sp³-hybridized carbons (Fsp3) is 0.227. The minimum Gasteiger partial charge on any atom is -0.335 e. The first-order valence-corrected chi connectivity index (χ1v) is 10.8. The number of thiazole rings is 1. The van der Waals surface area contributed by atoms with Crippen molar-refractivity contribution >= 4 is 34.8 Å². The van der Waals surface area contributed by atoms with E-state index in [1.807, 2.05) is 0 Å². The monoisotopic (exact) mass is 461 g/mol. The van der Waals surface area contributed by atoms with Crippen molar-refractivity contribution in [2.24, 2.45) is 0 Å². The Morgan fingerprint density at radius 1 is 0.968 bits per heavy atom. The summed E-state index contributed by atoms with van der Waals surface area (Å²) in [5.41, 5.74) is 1.27. The summed E-state index contributed by atoms with van der Waals surface area (Å²) >= 11 is 7.15. The molecule has 0 atom stereocenters. The van der Waals surface area contributed by atoms with E-state index < -0.39 is 11.7 Å². The highest BCUT2D eigenvalue weighted by Crippen LogP contribution is 2.29. The second-order valence-corrected chi connectivity index (χ2v) is 8.58. The van der Waals surface area contributed by atoms with E-state index in [4.69, 9.17) is 11.6 Å². The molecule has 3 aromatic rings. The number of benzene rings is 2. The Labute approximate surface area is 186 Å². The summed E-state index contributed by atoms with van der Waals surface area (Å²) in [6, 6.07) is 9.83. The number of rotatable bonds is 3. The SMILES string of the molecule is Cc1nc(-c2ccc(F)cc2)sc1C(=O)N1CCN(C(=O)c2cc(Cl)ccc2F)CC1. The molecule has 31 heavy (non-hydrogen) atoms. The predicted molar refractivity (Wildman–Crippen MR) is 115 cm³/mol. The number of hydrogen-bond donors (Lipinski definition) is 0. The number of amides is 2. The number of nitrogens with zero attached hydrogens (tertiary/aromatic N) is 3. The van der Waals surface area contributed by atoms with Gasteiger partial charge in [0.25, 0.3) is 11.8 Å². The molecule has 2 heterocycles. The highest BCUT2D eigenvalue weighted by molar-refractivity contribution is 7.17. The number of carbonyl (C=O) groups excluding carboxylic acids is 2. The van der Waals surface area contributed by atoms with Crippen molar-refractivity contribution in [1.29, 1.82) is 0 Å². The van der Waals surface area contributed by atoms with Gasteiger partial charge >= 0.3 is 0 Å². The summed E-state index contributed by atoms with van der Waals surface area (Å²) < 4.78 is 27.2. The fourth-order valence-electron chi connectivity index (χ4n) is 3.40. The Morgan fingerprint density at radius 3 is 2.23 bits per heavy atom. The molecule has 1 aromatic heterocycles. The Bertz CT molecular complexity index is 1140. The Morgan fingerprint density at radius 2 is 1.58 bits per heavy atom. The van der Waals surface area contributed by atoms with E-state index in [0.29, 0.717) is 41.8 Å². The van der Waals surface area contributed by atoms with E-state index >= 15 is 0 Å². The molecular weight excluding hydrogens is 444 g/mol. The minimum absolute atomic E-state index is 0.0745. The van der Waals surface area contributed by atoms with Crippen molar-refractivity contribution in [2.45, 2.75) is 6.92 Å². The molecule has 0 spiro atoms. The summed E-state index contributed by atoms with van der Waals surface area (Å²) in [6.07, 6.45) is 0. The number of aryl methyl sites for hydroxylation is 1. The van der Waals surface area contributed by atoms with Gasteiger partial charge in [0.1, 0.15) is 21.5 Å². The maximum absolute atomic E-state index is 14.0. The van der Waals surface area contributed by atoms with E-state index in [2.05, 4.69) is 4.98 Å². The molecule has 0 bridgehead atoms. The highest BCUT2D eigenvalue weighted by Gasteiger charge is 2.29. The van der Waals surface area contributed by atoms with Crippen molar-refractivity contribution in [3.63, 3.8) is 0 Å². The number of hydrogen-bond acceptors (Lipinski definition) is 4. The second kappa shape index (κ2) is 8.72. The average Bonchev–Trinajstić information content (AvgIpc) is 3.16. The normalized spacial score (nSPS) is 14.1. The Kier molecular flexibility index (Phi) is 6.02. The van der Waals surface area contributed by atoms with Gasteiger partial charge in [-0.3, -0.25) is 9.59 Å². The van der Waals surface area contributed by atoms with E-state index in [-0.39, 0.29) is 22.3 Å². The van der Waals surface area contributed by atoms with E-state index in [0.717, 1.165) is 5.56 Å². The third kappa shape index (κ3) is 4.45. The van der Waals surface area contributed by atoms with E-state index in [1.54, 1.807) is 24.0 Å². The molecule has 0 aliphatic carbocycles. The molecule has 0 saturated carbocycles. The summed E-state index contributed by atoms with van der Waals surface area (Å²) in [7, 11) is 0. The van der Waals surface area contributed by atoms with Crippen LogP contribution in [0.1, 0.15) is 25.7 Å². The molecule has 0 radical (unpaired) electrons. The van der Waals surface area contributed by atoms with Gasteiger partial charge < -0.3 is 9.80 Å². The van der Waals surface area contributed by atoms with Crippen LogP contribution in [0.4, 0.5) is 8.78 Å². The largest absolute Gasteiger partial charge is 0.335 e. The molecule has 2 amide bonds. The van der Waals surface area contributed by atoms with Crippen LogP contribution >= 0.6 is 22.9 Å². The molecule has 4 rings (SSSR count). The van der Waals surface area contributed by atoms with Crippen LogP contribution in [0.3, 0.4) is 0 Å². The van der Waals surface area contributed by atoms with Crippen LogP contribution in [0, 0.1) is 18.6 Å². The lowest BCUT2D eigenvalue weighted by Gasteiger charge is -2.34. The van der Waals surface area contributed by atoms with Crippen LogP contribution in [-0.2, 0) is 0 Å². The first kappa shape index (κ1) is 21.4. The van der Waals surface area contributed by atoms with Crippen molar-refractivity contribution in [3.05, 3.63) is 75.3 Å². The lowest BCUT2D eigenvalue weighted by Crippen LogP contribution is -2.50. The minimum atomic E-state index is -0.624. The third-order valence-corrected chi connectivity index (χ3v) is 6.52. The molecule has 1 aliphatic rings. The zero-order chi connectivity index (χ0) is 22.1. The lowest BCUT2D eigenvalue weighted by molar-refractivity contribution is 0.0535. The highest BCUT2D eigenvalue weighted by atomic mass is 35.5. The van der Waals surface area contributed by atoms with E-state index in [1.165, 1.54) is 46.6 Å². The average molecular weight is 462 g/mol. The van der Waals surface area contributed by atoms with Gasteiger partial charge in [-0.2, -0.15) is 0 Å². The van der Waals surface area contributed by atoms with Gasteiger partial charge in [0, 0.05) is 36.8 Å². The molecular formula is C22H18ClF2N3O2S. The van der Waals surface area contributed by atoms with Gasteiger partial charge in [-0.1, -0.05) is 11.6 Å². The van der Waals surface area contributed by atoms with Crippen LogP contribution in [0.2, 0.25) is 5.02 Å². The maximum Gasteiger partial charge on any atom is 0.265 e. The molecule has 5 nitrogen and oxygen atoms in total. The van der Waals surface area contributed by atoms with Crippen LogP contribution < -0.4 is 0 Å². The second-order valence-electron chi connectivity index (χ2n) is 7.15. The molecule has 2 aromatic carbocycles. The summed E-state index contributed by atoms with van der Waals surface area (Å²) in [6.45, 7) is 3.00. The fourth-order valence-corrected chi connectivity index (χ4v) is 4.61. The molecule has 1 saturated heterocycles. The smallest absolute Gasteiger partial charge is 0.265 e. The van der Waals surface area contributed by atoms with Gasteiger partial charge in [-0.25, -0.2) is 13.8 Å². The van der Waals surface area contributed by atoms with Gasteiger partial charge in [0.05, 0.1) is 11.3 Å². The van der Waals surface area contributed by atoms with Crippen molar-refractivity contribution in [3.8, 4) is 10.6 Å². The molecule has 9 heteroatoms. The molecule has 1 fully saturated rings. The quantitative estimate of drug-likeness (QED) is 0.570. The summed E-state index contributed by atoms with van der Waals surface area (Å²) in [5, 5.41) is 0.933. The third-order valence-electron chi connectivity index (χ3n) is 5.09. The predicted octanol–water partition coefficient (Wildman–Crippen LogP) is 4.65. The summed E-state index contributed by atoms with van der Waals surface area (Å²) in [4.78, 5) is 33.8. The van der Waals surface area contributed by atoms with Gasteiger partial charge in [0.2, 0.25) is 0 Å². The molecule has 160 valence electrons. The zero-order valence-electron chi connectivity index (χ0n) is 16.6. The van der Waals surface area contributed by atoms with Crippen LogP contribution in [0.5, 0.6) is 0 Å². The molecule has 0 unspecified atom stereocenters. The summed E-state index contributed by atoms with van der Waals surface area (Å²) in [5.74, 6) is -1.57. The molecule has 0 N–H and O–H groups in total. The van der Waals surface area contributed by atoms with Crippen LogP contribution in [0.25, 0.3) is 10.6 Å². The Hall–Kier alpha value is -2.84. The topological polar surface area (TPSA) is 53.5 Å². The number of piperazine rings is 1. The van der Waals surface area contributed by atoms with Gasteiger partial charge in [-0.05, 0) is 49.4 Å². The lowest BCUT2D eigenvalue weighted by atomic mass is 10.1. The standard InChI is InChI=1S/C22H18ClF2N3O2S/c1-13-19(31-20(26-13)14-2-5-16(24)6-3-14)22(30)28-10-8-27(9-11-28)21(29)17-12-15(23)4-7-18(17)25/h2-7,12H,8-11H2,1H3. The zero-order valence-corrected chi connectivity index (χ0v) is 18.1. The van der Waals surface area contributed by atoms with Crippen molar-refractivity contribution in [2.75, 3.05) is 26.2 Å². The van der Waals surface area contributed by atoms with Crippen LogP contribution in [0.15, 0.2) is 42.5 Å². The maximum atomic E-state index is 14.0. The first-order chi connectivity index (χ1) is 14.8. The van der Waals surface area contributed by atoms with Crippen LogP contribution in [-0.4, -0.2) is 52.8 Å². The Balaban J connectivity index is 1.44.